The molecule has 0 aromatic heterocycles. The molecule has 1 fully saturated rings. The monoisotopic (exact) mass is 288 g/mol. The molecule has 1 N–H and O–H groups in total. The van der Waals surface area contributed by atoms with Gasteiger partial charge in [-0.2, -0.15) is 0 Å². The summed E-state index contributed by atoms with van der Waals surface area (Å²) < 4.78 is 0. The molecule has 2 rings (SSSR count). The van der Waals surface area contributed by atoms with E-state index >= 15 is 0 Å². The number of carbonyl (C=O) groups is 2. The maximum absolute atomic E-state index is 12.6. The summed E-state index contributed by atoms with van der Waals surface area (Å²) >= 11 is 0. The van der Waals surface area contributed by atoms with E-state index in [-0.39, 0.29) is 24.4 Å². The predicted octanol–water partition coefficient (Wildman–Crippen LogP) is 1.99. The second-order valence-corrected chi connectivity index (χ2v) is 6.25. The quantitative estimate of drug-likeness (QED) is 0.901. The van der Waals surface area contributed by atoms with E-state index in [1.54, 1.807) is 4.90 Å². The van der Waals surface area contributed by atoms with Crippen molar-refractivity contribution in [3.8, 4) is 0 Å². The molecule has 114 valence electrons. The van der Waals surface area contributed by atoms with E-state index < -0.39 is 6.04 Å². The second-order valence-electron chi connectivity index (χ2n) is 6.25. The van der Waals surface area contributed by atoms with Gasteiger partial charge in [-0.25, -0.2) is 0 Å². The minimum Gasteiger partial charge on any atom is -0.342 e. The Labute approximate surface area is 126 Å². The summed E-state index contributed by atoms with van der Waals surface area (Å²) in [6.45, 7) is 6.47. The zero-order chi connectivity index (χ0) is 15.4. The fourth-order valence-corrected chi connectivity index (χ4v) is 2.91. The Kier molecular flexibility index (Phi) is 4.99. The molecular weight excluding hydrogens is 264 g/mol. The summed E-state index contributed by atoms with van der Waals surface area (Å²) in [5, 5.41) is 2.82. The van der Waals surface area contributed by atoms with Crippen LogP contribution in [0.5, 0.6) is 0 Å². The standard InChI is InChI=1S/C17H24N2O2/c1-12(2)9-13(3)19-11-16(20)18-15(17(19)21)10-14-7-5-4-6-8-14/h4-8,12-13,15H,9-11H2,1-3H3,(H,18,20). The molecule has 1 aliphatic heterocycles. The Morgan fingerprint density at radius 1 is 1.19 bits per heavy atom. The van der Waals surface area contributed by atoms with Crippen LogP contribution >= 0.6 is 0 Å². The number of benzene rings is 1. The number of hydrogen-bond donors (Lipinski definition) is 1. The van der Waals surface area contributed by atoms with Crippen molar-refractivity contribution >= 4 is 11.8 Å². The van der Waals surface area contributed by atoms with Crippen molar-refractivity contribution in [1.29, 1.82) is 0 Å². The van der Waals surface area contributed by atoms with Crippen molar-refractivity contribution in [2.75, 3.05) is 6.54 Å². The molecule has 0 spiro atoms. The summed E-state index contributed by atoms with van der Waals surface area (Å²) in [4.78, 5) is 26.2. The molecule has 2 amide bonds. The van der Waals surface area contributed by atoms with Crippen LogP contribution < -0.4 is 5.32 Å². The van der Waals surface area contributed by atoms with Crippen LogP contribution in [0.15, 0.2) is 30.3 Å². The lowest BCUT2D eigenvalue weighted by Crippen LogP contribution is -2.60. The van der Waals surface area contributed by atoms with E-state index in [2.05, 4.69) is 19.2 Å². The lowest BCUT2D eigenvalue weighted by atomic mass is 9.99. The lowest BCUT2D eigenvalue weighted by Gasteiger charge is -2.37. The van der Waals surface area contributed by atoms with Gasteiger partial charge in [0.25, 0.3) is 0 Å². The predicted molar refractivity (Wildman–Crippen MR) is 82.7 cm³/mol. The average Bonchev–Trinajstić information content (AvgIpc) is 2.42. The van der Waals surface area contributed by atoms with Crippen molar-refractivity contribution in [3.63, 3.8) is 0 Å². The van der Waals surface area contributed by atoms with Crippen molar-refractivity contribution in [3.05, 3.63) is 35.9 Å². The van der Waals surface area contributed by atoms with Gasteiger partial charge in [0.2, 0.25) is 11.8 Å². The summed E-state index contributed by atoms with van der Waals surface area (Å²) in [7, 11) is 0. The number of hydrogen-bond acceptors (Lipinski definition) is 2. The van der Waals surface area contributed by atoms with Gasteiger partial charge in [-0.3, -0.25) is 9.59 Å². The molecule has 1 aliphatic rings. The summed E-state index contributed by atoms with van der Waals surface area (Å²) in [5.74, 6) is 0.475. The Morgan fingerprint density at radius 3 is 2.48 bits per heavy atom. The summed E-state index contributed by atoms with van der Waals surface area (Å²) in [6.07, 6.45) is 1.47. The van der Waals surface area contributed by atoms with Gasteiger partial charge >= 0.3 is 0 Å². The number of nitrogens with zero attached hydrogens (tertiary/aromatic N) is 1. The molecule has 0 bridgehead atoms. The van der Waals surface area contributed by atoms with Crippen LogP contribution in [0.1, 0.15) is 32.8 Å². The van der Waals surface area contributed by atoms with E-state index in [0.717, 1.165) is 12.0 Å². The van der Waals surface area contributed by atoms with Gasteiger partial charge in [-0.05, 0) is 24.8 Å². The van der Waals surface area contributed by atoms with E-state index in [1.807, 2.05) is 37.3 Å². The maximum Gasteiger partial charge on any atom is 0.246 e. The van der Waals surface area contributed by atoms with Gasteiger partial charge in [-0.1, -0.05) is 44.2 Å². The first-order valence-electron chi connectivity index (χ1n) is 7.61. The smallest absolute Gasteiger partial charge is 0.246 e. The summed E-state index contributed by atoms with van der Waals surface area (Å²) in [6, 6.07) is 9.46. The summed E-state index contributed by atoms with van der Waals surface area (Å²) in [5.41, 5.74) is 1.06. The topological polar surface area (TPSA) is 49.4 Å². The Morgan fingerprint density at radius 2 is 1.86 bits per heavy atom. The van der Waals surface area contributed by atoms with Gasteiger partial charge < -0.3 is 10.2 Å². The molecule has 1 aromatic carbocycles. The number of piperazine rings is 1. The zero-order valence-electron chi connectivity index (χ0n) is 13.0. The molecule has 1 heterocycles. The van der Waals surface area contributed by atoms with Crippen LogP contribution in [-0.4, -0.2) is 35.3 Å². The normalized spacial score (nSPS) is 20.6. The first-order valence-corrected chi connectivity index (χ1v) is 7.61. The van der Waals surface area contributed by atoms with E-state index in [9.17, 15) is 9.59 Å². The average molecular weight is 288 g/mol. The maximum atomic E-state index is 12.6. The zero-order valence-corrected chi connectivity index (χ0v) is 13.0. The molecule has 2 unspecified atom stereocenters. The molecule has 4 heteroatoms. The highest BCUT2D eigenvalue weighted by atomic mass is 16.2. The Hall–Kier alpha value is -1.84. The number of nitrogens with one attached hydrogen (secondary N) is 1. The van der Waals surface area contributed by atoms with Crippen LogP contribution in [0.25, 0.3) is 0 Å². The van der Waals surface area contributed by atoms with Gasteiger partial charge in [0.1, 0.15) is 6.04 Å². The molecule has 2 atom stereocenters. The second kappa shape index (κ2) is 6.74. The molecule has 0 saturated carbocycles. The molecule has 0 radical (unpaired) electrons. The molecule has 21 heavy (non-hydrogen) atoms. The highest BCUT2D eigenvalue weighted by Crippen LogP contribution is 2.16. The highest BCUT2D eigenvalue weighted by molar-refractivity contribution is 5.95. The van der Waals surface area contributed by atoms with Crippen molar-refractivity contribution in [1.82, 2.24) is 10.2 Å². The van der Waals surface area contributed by atoms with Crippen LogP contribution in [0.2, 0.25) is 0 Å². The van der Waals surface area contributed by atoms with Crippen LogP contribution in [-0.2, 0) is 16.0 Å². The van der Waals surface area contributed by atoms with E-state index in [1.165, 1.54) is 0 Å². The van der Waals surface area contributed by atoms with Gasteiger partial charge in [0.05, 0.1) is 6.54 Å². The van der Waals surface area contributed by atoms with Crippen LogP contribution in [0.4, 0.5) is 0 Å². The Balaban J connectivity index is 2.08. The first-order chi connectivity index (χ1) is 9.97. The van der Waals surface area contributed by atoms with Crippen LogP contribution in [0.3, 0.4) is 0 Å². The molecule has 1 aromatic rings. The molecule has 1 saturated heterocycles. The highest BCUT2D eigenvalue weighted by Gasteiger charge is 2.35. The van der Waals surface area contributed by atoms with Gasteiger partial charge in [0.15, 0.2) is 0 Å². The number of amides is 2. The van der Waals surface area contributed by atoms with Crippen LogP contribution in [0, 0.1) is 5.92 Å². The molecular formula is C17H24N2O2. The minimum atomic E-state index is -0.441. The third-order valence-electron chi connectivity index (χ3n) is 3.86. The fraction of sp³-hybridized carbons (Fsp3) is 0.529. The largest absolute Gasteiger partial charge is 0.342 e. The number of rotatable bonds is 5. The molecule has 4 nitrogen and oxygen atoms in total. The van der Waals surface area contributed by atoms with Crippen molar-refractivity contribution in [2.45, 2.75) is 45.7 Å². The fourth-order valence-electron chi connectivity index (χ4n) is 2.91. The van der Waals surface area contributed by atoms with Gasteiger partial charge in [-0.15, -0.1) is 0 Å². The van der Waals surface area contributed by atoms with E-state index in [4.69, 9.17) is 0 Å². The lowest BCUT2D eigenvalue weighted by molar-refractivity contribution is -0.146. The van der Waals surface area contributed by atoms with E-state index in [0.29, 0.717) is 12.3 Å². The first kappa shape index (κ1) is 15.5. The SMILES string of the molecule is CC(C)CC(C)N1CC(=O)NC(Cc2ccccc2)C1=O. The third kappa shape index (κ3) is 4.06. The number of carbonyl (C=O) groups excluding carboxylic acids is 2. The third-order valence-corrected chi connectivity index (χ3v) is 3.86. The Bertz CT molecular complexity index is 499. The van der Waals surface area contributed by atoms with Crippen molar-refractivity contribution < 1.29 is 9.59 Å². The minimum absolute atomic E-state index is 0.0339. The van der Waals surface area contributed by atoms with Gasteiger partial charge in [0, 0.05) is 12.5 Å². The van der Waals surface area contributed by atoms with Crippen molar-refractivity contribution in [2.24, 2.45) is 5.92 Å². The molecule has 0 aliphatic carbocycles.